The number of amides is 3. The molecule has 26 heavy (non-hydrogen) atoms. The number of fused-ring (bicyclic) bond motifs is 1. The largest absolute Gasteiger partial charge is 0.494 e. The number of nitrogens with one attached hydrogen (secondary N) is 1. The average Bonchev–Trinajstić information content (AvgIpc) is 2.59. The lowest BCUT2D eigenvalue weighted by atomic mass is 9.98. The maximum Gasteiger partial charge on any atom is 0.323 e. The number of carboxylic acid groups (broad SMARTS) is 1. The van der Waals surface area contributed by atoms with E-state index in [1.807, 2.05) is 6.07 Å². The summed E-state index contributed by atoms with van der Waals surface area (Å²) < 4.78 is 5.73. The monoisotopic (exact) mass is 363 g/mol. The molecule has 0 fully saturated rings. The second-order valence-electron chi connectivity index (χ2n) is 6.24. The number of hydrogen-bond donors (Lipinski definition) is 3. The number of rotatable bonds is 10. The van der Waals surface area contributed by atoms with Crippen molar-refractivity contribution in [1.29, 1.82) is 0 Å². The minimum Gasteiger partial charge on any atom is -0.494 e. The first-order chi connectivity index (χ1) is 12.5. The summed E-state index contributed by atoms with van der Waals surface area (Å²) in [5.41, 5.74) is 6.43. The number of carboxylic acids is 1. The molecule has 0 unspecified atom stereocenters. The lowest BCUT2D eigenvalue weighted by Gasteiger charge is -2.27. The summed E-state index contributed by atoms with van der Waals surface area (Å²) in [6.45, 7) is 1.31. The number of primary amides is 1. The van der Waals surface area contributed by atoms with Crippen LogP contribution in [0.4, 0.5) is 4.79 Å². The van der Waals surface area contributed by atoms with Crippen LogP contribution in [0.15, 0.2) is 18.2 Å². The number of urea groups is 1. The second kappa shape index (κ2) is 9.65. The fraction of sp³-hybridized carbons (Fsp3) is 0.500. The SMILES string of the molecule is NC(=O)NCCCCCCOc1ccc2c(c1)CCN(CC(=O)O)C2=O. The van der Waals surface area contributed by atoms with E-state index in [-0.39, 0.29) is 12.5 Å². The Balaban J connectivity index is 1.73. The van der Waals surface area contributed by atoms with Crippen molar-refractivity contribution in [1.82, 2.24) is 10.2 Å². The van der Waals surface area contributed by atoms with Gasteiger partial charge in [-0.05, 0) is 43.0 Å². The number of ether oxygens (including phenoxy) is 1. The Morgan fingerprint density at radius 2 is 2.00 bits per heavy atom. The first kappa shape index (κ1) is 19.6. The van der Waals surface area contributed by atoms with Crippen LogP contribution < -0.4 is 15.8 Å². The molecule has 0 spiro atoms. The molecule has 1 aliphatic heterocycles. The Bertz CT molecular complexity index is 662. The molecule has 8 heteroatoms. The highest BCUT2D eigenvalue weighted by Gasteiger charge is 2.25. The maximum atomic E-state index is 12.3. The number of carbonyl (C=O) groups excluding carboxylic acids is 2. The third-order valence-electron chi connectivity index (χ3n) is 4.21. The van der Waals surface area contributed by atoms with Crippen molar-refractivity contribution in [3.8, 4) is 5.75 Å². The third-order valence-corrected chi connectivity index (χ3v) is 4.21. The van der Waals surface area contributed by atoms with E-state index in [1.54, 1.807) is 12.1 Å². The summed E-state index contributed by atoms with van der Waals surface area (Å²) in [5, 5.41) is 11.4. The molecule has 1 aromatic rings. The predicted octanol–water partition coefficient (Wildman–Crippen LogP) is 1.38. The topological polar surface area (TPSA) is 122 Å². The molecule has 1 aromatic carbocycles. The molecular formula is C18H25N3O5. The zero-order valence-electron chi connectivity index (χ0n) is 14.7. The van der Waals surface area contributed by atoms with Gasteiger partial charge in [0.05, 0.1) is 6.61 Å². The van der Waals surface area contributed by atoms with Crippen molar-refractivity contribution in [2.75, 3.05) is 26.2 Å². The summed E-state index contributed by atoms with van der Waals surface area (Å²) in [6.07, 6.45) is 4.39. The molecule has 0 radical (unpaired) electrons. The van der Waals surface area contributed by atoms with Gasteiger partial charge in [-0.15, -0.1) is 0 Å². The summed E-state index contributed by atoms with van der Waals surface area (Å²) in [5.74, 6) is -0.532. The van der Waals surface area contributed by atoms with E-state index in [0.29, 0.717) is 31.7 Å². The van der Waals surface area contributed by atoms with Crippen LogP contribution in [0.1, 0.15) is 41.6 Å². The van der Waals surface area contributed by atoms with Gasteiger partial charge in [-0.3, -0.25) is 9.59 Å². The summed E-state index contributed by atoms with van der Waals surface area (Å²) >= 11 is 0. The molecule has 1 aliphatic rings. The van der Waals surface area contributed by atoms with Crippen molar-refractivity contribution in [2.24, 2.45) is 5.73 Å². The molecule has 0 atom stereocenters. The lowest BCUT2D eigenvalue weighted by molar-refractivity contribution is -0.137. The molecule has 4 N–H and O–H groups in total. The Kier molecular flexibility index (Phi) is 7.25. The molecule has 1 heterocycles. The Morgan fingerprint density at radius 3 is 2.73 bits per heavy atom. The van der Waals surface area contributed by atoms with E-state index < -0.39 is 12.0 Å². The van der Waals surface area contributed by atoms with Crippen LogP contribution in [0.2, 0.25) is 0 Å². The first-order valence-electron chi connectivity index (χ1n) is 8.77. The van der Waals surface area contributed by atoms with Gasteiger partial charge in [0.25, 0.3) is 5.91 Å². The minimum atomic E-state index is -1.01. The van der Waals surface area contributed by atoms with E-state index in [2.05, 4.69) is 5.32 Å². The molecule has 0 bridgehead atoms. The molecule has 0 saturated carbocycles. The van der Waals surface area contributed by atoms with Crippen molar-refractivity contribution in [2.45, 2.75) is 32.1 Å². The smallest absolute Gasteiger partial charge is 0.323 e. The maximum absolute atomic E-state index is 12.3. The van der Waals surface area contributed by atoms with Gasteiger partial charge in [0.15, 0.2) is 0 Å². The molecule has 142 valence electrons. The van der Waals surface area contributed by atoms with E-state index in [9.17, 15) is 14.4 Å². The summed E-state index contributed by atoms with van der Waals surface area (Å²) in [7, 11) is 0. The number of benzene rings is 1. The second-order valence-corrected chi connectivity index (χ2v) is 6.24. The van der Waals surface area contributed by atoms with E-state index in [0.717, 1.165) is 37.0 Å². The van der Waals surface area contributed by atoms with Gasteiger partial charge in [-0.2, -0.15) is 0 Å². The van der Waals surface area contributed by atoms with Crippen LogP contribution in [0.25, 0.3) is 0 Å². The van der Waals surface area contributed by atoms with Crippen molar-refractivity contribution in [3.63, 3.8) is 0 Å². The average molecular weight is 363 g/mol. The van der Waals surface area contributed by atoms with Gasteiger partial charge in [-0.1, -0.05) is 12.8 Å². The molecule has 0 saturated heterocycles. The Labute approximate surface area is 152 Å². The highest BCUT2D eigenvalue weighted by molar-refractivity contribution is 5.98. The predicted molar refractivity (Wildman–Crippen MR) is 95.2 cm³/mol. The quantitative estimate of drug-likeness (QED) is 0.542. The van der Waals surface area contributed by atoms with E-state index in [1.165, 1.54) is 4.90 Å². The Morgan fingerprint density at radius 1 is 1.23 bits per heavy atom. The highest BCUT2D eigenvalue weighted by Crippen LogP contribution is 2.24. The normalized spacial score (nSPS) is 13.2. The standard InChI is InChI=1S/C18H25N3O5/c19-18(25)20-8-3-1-2-4-10-26-14-5-6-15-13(11-14)7-9-21(17(15)24)12-16(22)23/h5-6,11H,1-4,7-10,12H2,(H,22,23)(H3,19,20,25). The Hall–Kier alpha value is -2.77. The number of carbonyl (C=O) groups is 3. The van der Waals surface area contributed by atoms with Gasteiger partial charge in [0.2, 0.25) is 0 Å². The van der Waals surface area contributed by atoms with Gasteiger partial charge in [0.1, 0.15) is 12.3 Å². The molecular weight excluding hydrogens is 338 g/mol. The van der Waals surface area contributed by atoms with Gasteiger partial charge in [-0.25, -0.2) is 4.79 Å². The van der Waals surface area contributed by atoms with Crippen LogP contribution in [0.5, 0.6) is 5.75 Å². The van der Waals surface area contributed by atoms with Crippen LogP contribution >= 0.6 is 0 Å². The van der Waals surface area contributed by atoms with Crippen molar-refractivity contribution < 1.29 is 24.2 Å². The zero-order valence-corrected chi connectivity index (χ0v) is 14.7. The number of unbranched alkanes of at least 4 members (excludes halogenated alkanes) is 3. The molecule has 0 aromatic heterocycles. The molecule has 2 rings (SSSR count). The van der Waals surface area contributed by atoms with E-state index >= 15 is 0 Å². The van der Waals surface area contributed by atoms with Crippen LogP contribution in [-0.2, 0) is 11.2 Å². The summed E-state index contributed by atoms with van der Waals surface area (Å²) in [4.78, 5) is 34.9. The van der Waals surface area contributed by atoms with Crippen molar-refractivity contribution in [3.05, 3.63) is 29.3 Å². The number of aliphatic carboxylic acids is 1. The van der Waals surface area contributed by atoms with Gasteiger partial charge >= 0.3 is 12.0 Å². The summed E-state index contributed by atoms with van der Waals surface area (Å²) in [6, 6.07) is 4.82. The molecule has 0 aliphatic carbocycles. The van der Waals surface area contributed by atoms with Crippen LogP contribution in [-0.4, -0.2) is 54.2 Å². The molecule has 3 amide bonds. The fourth-order valence-corrected chi connectivity index (χ4v) is 2.90. The molecule has 8 nitrogen and oxygen atoms in total. The van der Waals surface area contributed by atoms with Gasteiger partial charge < -0.3 is 25.8 Å². The number of nitrogens with two attached hydrogens (primary N) is 1. The van der Waals surface area contributed by atoms with Crippen LogP contribution in [0.3, 0.4) is 0 Å². The minimum absolute atomic E-state index is 0.246. The van der Waals surface area contributed by atoms with E-state index in [4.69, 9.17) is 15.6 Å². The zero-order chi connectivity index (χ0) is 18.9. The fourth-order valence-electron chi connectivity index (χ4n) is 2.90. The van der Waals surface area contributed by atoms with Gasteiger partial charge in [0, 0.05) is 18.7 Å². The highest BCUT2D eigenvalue weighted by atomic mass is 16.5. The van der Waals surface area contributed by atoms with Crippen molar-refractivity contribution >= 4 is 17.9 Å². The first-order valence-corrected chi connectivity index (χ1v) is 8.77. The third kappa shape index (κ3) is 5.94. The lowest BCUT2D eigenvalue weighted by Crippen LogP contribution is -2.40. The number of nitrogens with zero attached hydrogens (tertiary/aromatic N) is 1. The van der Waals surface area contributed by atoms with Crippen LogP contribution in [0, 0.1) is 0 Å². The number of hydrogen-bond acceptors (Lipinski definition) is 4.